The fourth-order valence-electron chi connectivity index (χ4n) is 3.26. The number of aromatic nitrogens is 5. The van der Waals surface area contributed by atoms with E-state index in [1.54, 1.807) is 17.1 Å². The minimum atomic E-state index is -3.03. The molecule has 0 radical (unpaired) electrons. The Morgan fingerprint density at radius 3 is 2.69 bits per heavy atom. The number of nitrogens with zero attached hydrogens (tertiary/aromatic N) is 5. The van der Waals surface area contributed by atoms with E-state index >= 15 is 0 Å². The van der Waals surface area contributed by atoms with Crippen LogP contribution in [0.25, 0.3) is 22.9 Å². The molecule has 0 spiro atoms. The lowest BCUT2D eigenvalue weighted by atomic mass is 10.1. The predicted molar refractivity (Wildman–Crippen MR) is 98.3 cm³/mol. The number of rotatable bonds is 3. The van der Waals surface area contributed by atoms with Crippen LogP contribution in [0, 0.1) is 13.8 Å². The van der Waals surface area contributed by atoms with E-state index in [1.807, 2.05) is 38.1 Å². The van der Waals surface area contributed by atoms with E-state index in [-0.39, 0.29) is 17.5 Å². The molecule has 1 aliphatic rings. The highest BCUT2D eigenvalue weighted by atomic mass is 32.2. The maximum Gasteiger partial charge on any atom is 0.200 e. The molecule has 1 atom stereocenters. The summed E-state index contributed by atoms with van der Waals surface area (Å²) in [6.45, 7) is 3.93. The van der Waals surface area contributed by atoms with Gasteiger partial charge in [0.15, 0.2) is 21.5 Å². The fraction of sp³-hybridized carbons (Fsp3) is 0.333. The van der Waals surface area contributed by atoms with Crippen LogP contribution in [-0.2, 0) is 9.84 Å². The first-order valence-electron chi connectivity index (χ1n) is 8.45. The zero-order valence-corrected chi connectivity index (χ0v) is 15.4. The summed E-state index contributed by atoms with van der Waals surface area (Å²) < 4.78 is 25.7. The molecule has 1 saturated heterocycles. The Labute approximate surface area is 152 Å². The quantitative estimate of drug-likeness (QED) is 0.704. The number of hydrogen-bond donors (Lipinski definition) is 0. The van der Waals surface area contributed by atoms with Gasteiger partial charge in [-0.15, -0.1) is 5.10 Å². The Morgan fingerprint density at radius 1 is 1.19 bits per heavy atom. The van der Waals surface area contributed by atoms with Crippen molar-refractivity contribution in [2.24, 2.45) is 0 Å². The van der Waals surface area contributed by atoms with Crippen LogP contribution in [0.2, 0.25) is 0 Å². The molecular weight excluding hydrogens is 350 g/mol. The van der Waals surface area contributed by atoms with Gasteiger partial charge in [-0.25, -0.2) is 18.1 Å². The van der Waals surface area contributed by atoms with Gasteiger partial charge in [0.2, 0.25) is 0 Å². The Hall–Kier alpha value is -2.61. The van der Waals surface area contributed by atoms with Gasteiger partial charge >= 0.3 is 0 Å². The van der Waals surface area contributed by atoms with Crippen LogP contribution in [0.1, 0.15) is 23.7 Å². The van der Waals surface area contributed by atoms with Gasteiger partial charge in [-0.2, -0.15) is 0 Å². The summed E-state index contributed by atoms with van der Waals surface area (Å²) in [7, 11) is -3.03. The van der Waals surface area contributed by atoms with Crippen LogP contribution in [0.4, 0.5) is 0 Å². The zero-order valence-electron chi connectivity index (χ0n) is 14.6. The average Bonchev–Trinajstić information content (AvgIpc) is 3.19. The van der Waals surface area contributed by atoms with Gasteiger partial charge in [0.25, 0.3) is 0 Å². The van der Waals surface area contributed by atoms with Gasteiger partial charge in [0, 0.05) is 23.7 Å². The van der Waals surface area contributed by atoms with Crippen molar-refractivity contribution in [2.45, 2.75) is 26.3 Å². The molecule has 134 valence electrons. The molecule has 4 rings (SSSR count). The fourth-order valence-corrected chi connectivity index (χ4v) is 4.96. The number of pyridine rings is 2. The number of hydrogen-bond acceptors (Lipinski definition) is 6. The second-order valence-corrected chi connectivity index (χ2v) is 8.84. The molecule has 8 heteroatoms. The number of sulfone groups is 1. The average molecular weight is 369 g/mol. The first-order valence-corrected chi connectivity index (χ1v) is 10.3. The maximum absolute atomic E-state index is 12.0. The predicted octanol–water partition coefficient (Wildman–Crippen LogP) is 2.38. The summed E-state index contributed by atoms with van der Waals surface area (Å²) in [6, 6.07) is 7.32. The van der Waals surface area contributed by atoms with Gasteiger partial charge in [-0.1, -0.05) is 6.07 Å². The van der Waals surface area contributed by atoms with Gasteiger partial charge < -0.3 is 0 Å². The standard InChI is InChI=1S/C18H19N5O2S/c1-12-9-13(2)20-10-15(12)18-21-17(16-5-3-4-7-19-16)22-23(18)14-6-8-26(24,25)11-14/h3-5,7,9-10,14H,6,8,11H2,1-2H3. The lowest BCUT2D eigenvalue weighted by molar-refractivity contribution is 0.505. The van der Waals surface area contributed by atoms with Crippen LogP contribution in [0.3, 0.4) is 0 Å². The first-order chi connectivity index (χ1) is 12.4. The molecule has 0 bridgehead atoms. The van der Waals surface area contributed by atoms with E-state index in [2.05, 4.69) is 20.1 Å². The van der Waals surface area contributed by atoms with Gasteiger partial charge in [0.05, 0.1) is 17.5 Å². The van der Waals surface area contributed by atoms with Crippen molar-refractivity contribution >= 4 is 9.84 Å². The third-order valence-electron chi connectivity index (χ3n) is 4.57. The normalized spacial score (nSPS) is 18.9. The van der Waals surface area contributed by atoms with Crippen molar-refractivity contribution in [1.82, 2.24) is 24.7 Å². The minimum Gasteiger partial charge on any atom is -0.261 e. The summed E-state index contributed by atoms with van der Waals surface area (Å²) in [6.07, 6.45) is 4.00. The molecule has 1 unspecified atom stereocenters. The van der Waals surface area contributed by atoms with E-state index < -0.39 is 9.84 Å². The van der Waals surface area contributed by atoms with Crippen molar-refractivity contribution in [3.63, 3.8) is 0 Å². The molecule has 0 saturated carbocycles. The second kappa shape index (κ2) is 6.28. The molecule has 7 nitrogen and oxygen atoms in total. The highest BCUT2D eigenvalue weighted by molar-refractivity contribution is 7.91. The van der Waals surface area contributed by atoms with Crippen LogP contribution in [0.15, 0.2) is 36.7 Å². The lowest BCUT2D eigenvalue weighted by Gasteiger charge is -2.13. The van der Waals surface area contributed by atoms with Gasteiger partial charge in [0.1, 0.15) is 5.69 Å². The summed E-state index contributed by atoms with van der Waals surface area (Å²) in [4.78, 5) is 13.4. The number of aryl methyl sites for hydroxylation is 2. The molecule has 0 N–H and O–H groups in total. The Kier molecular flexibility index (Phi) is 4.07. The lowest BCUT2D eigenvalue weighted by Crippen LogP contribution is -2.14. The van der Waals surface area contributed by atoms with Crippen molar-refractivity contribution in [1.29, 1.82) is 0 Å². The smallest absolute Gasteiger partial charge is 0.200 e. The molecule has 26 heavy (non-hydrogen) atoms. The Balaban J connectivity index is 1.87. The molecule has 0 aromatic carbocycles. The molecule has 4 heterocycles. The molecule has 1 fully saturated rings. The van der Waals surface area contributed by atoms with E-state index in [0.29, 0.717) is 23.8 Å². The minimum absolute atomic E-state index is 0.0867. The summed E-state index contributed by atoms with van der Waals surface area (Å²) in [5.74, 6) is 1.40. The van der Waals surface area contributed by atoms with E-state index in [9.17, 15) is 8.42 Å². The monoisotopic (exact) mass is 369 g/mol. The van der Waals surface area contributed by atoms with Crippen LogP contribution >= 0.6 is 0 Å². The summed E-state index contributed by atoms with van der Waals surface area (Å²) >= 11 is 0. The maximum atomic E-state index is 12.0. The van der Waals surface area contributed by atoms with Crippen molar-refractivity contribution in [2.75, 3.05) is 11.5 Å². The molecule has 0 amide bonds. The van der Waals surface area contributed by atoms with Gasteiger partial charge in [-0.3, -0.25) is 9.97 Å². The summed E-state index contributed by atoms with van der Waals surface area (Å²) in [5, 5.41) is 4.62. The largest absolute Gasteiger partial charge is 0.261 e. The van der Waals surface area contributed by atoms with Crippen LogP contribution in [0.5, 0.6) is 0 Å². The molecule has 3 aromatic heterocycles. The van der Waals surface area contributed by atoms with Gasteiger partial charge in [-0.05, 0) is 44.0 Å². The van der Waals surface area contributed by atoms with Crippen LogP contribution < -0.4 is 0 Å². The third-order valence-corrected chi connectivity index (χ3v) is 6.32. The first kappa shape index (κ1) is 16.8. The SMILES string of the molecule is Cc1cc(C)c(-c2nc(-c3ccccn3)nn2C2CCS(=O)(=O)C2)cn1. The molecule has 1 aliphatic heterocycles. The van der Waals surface area contributed by atoms with E-state index in [4.69, 9.17) is 0 Å². The Morgan fingerprint density at radius 2 is 2.04 bits per heavy atom. The van der Waals surface area contributed by atoms with E-state index in [1.165, 1.54) is 0 Å². The third kappa shape index (κ3) is 3.12. The van der Waals surface area contributed by atoms with Crippen LogP contribution in [-0.4, -0.2) is 44.7 Å². The van der Waals surface area contributed by atoms with Crippen molar-refractivity contribution in [3.05, 3.63) is 47.9 Å². The Bertz CT molecular complexity index is 1060. The van der Waals surface area contributed by atoms with E-state index in [0.717, 1.165) is 16.8 Å². The molecule has 3 aromatic rings. The molecular formula is C18H19N5O2S. The summed E-state index contributed by atoms with van der Waals surface area (Å²) in [5.41, 5.74) is 3.46. The molecule has 0 aliphatic carbocycles. The zero-order chi connectivity index (χ0) is 18.3. The topological polar surface area (TPSA) is 90.6 Å². The highest BCUT2D eigenvalue weighted by Gasteiger charge is 2.32. The van der Waals surface area contributed by atoms with Crippen molar-refractivity contribution < 1.29 is 8.42 Å². The van der Waals surface area contributed by atoms with Crippen molar-refractivity contribution in [3.8, 4) is 22.9 Å². The highest BCUT2D eigenvalue weighted by Crippen LogP contribution is 2.31. The second-order valence-electron chi connectivity index (χ2n) is 6.62.